The van der Waals surface area contributed by atoms with Gasteiger partial charge in [0.25, 0.3) is 0 Å². The van der Waals surface area contributed by atoms with Crippen molar-refractivity contribution < 1.29 is 4.55 Å². The zero-order valence-electron chi connectivity index (χ0n) is 11.7. The summed E-state index contributed by atoms with van der Waals surface area (Å²) in [6.45, 7) is 15.6. The van der Waals surface area contributed by atoms with E-state index in [-0.39, 0.29) is 4.75 Å². The molecular formula is C13H24N2OS. The average Bonchev–Trinajstić information content (AvgIpc) is 2.21. The van der Waals surface area contributed by atoms with Gasteiger partial charge in [0.1, 0.15) is 22.3 Å². The molecule has 0 heterocycles. The summed E-state index contributed by atoms with van der Waals surface area (Å²) in [6, 6.07) is 0.299. The Morgan fingerprint density at radius 2 is 1.94 bits per heavy atom. The predicted molar refractivity (Wildman–Crippen MR) is 77.3 cm³/mol. The zero-order chi connectivity index (χ0) is 13.6. The average molecular weight is 256 g/mol. The molecule has 3 nitrogen and oxygen atoms in total. The molecule has 1 atom stereocenters. The van der Waals surface area contributed by atoms with Crippen LogP contribution >= 0.6 is 0 Å². The molecule has 0 radical (unpaired) electrons. The molecule has 4 heteroatoms. The molecule has 0 aromatic rings. The molecule has 17 heavy (non-hydrogen) atoms. The van der Waals surface area contributed by atoms with E-state index in [0.717, 1.165) is 5.70 Å². The second-order valence-corrected chi connectivity index (χ2v) is 6.93. The molecule has 0 rings (SSSR count). The largest absolute Gasteiger partial charge is 0.591 e. The molecule has 0 bridgehead atoms. The van der Waals surface area contributed by atoms with E-state index < -0.39 is 11.4 Å². The number of hydrogen-bond acceptors (Lipinski definition) is 3. The van der Waals surface area contributed by atoms with Crippen LogP contribution in [-0.4, -0.2) is 26.5 Å². The molecular weight excluding hydrogens is 232 g/mol. The van der Waals surface area contributed by atoms with Crippen LogP contribution in [0.1, 0.15) is 41.5 Å². The molecule has 0 saturated heterocycles. The van der Waals surface area contributed by atoms with Gasteiger partial charge in [-0.25, -0.2) is 0 Å². The van der Waals surface area contributed by atoms with Crippen LogP contribution in [0.4, 0.5) is 0 Å². The highest BCUT2D eigenvalue weighted by Gasteiger charge is 2.26. The molecule has 1 unspecified atom stereocenters. The van der Waals surface area contributed by atoms with E-state index in [1.165, 1.54) is 0 Å². The molecule has 0 aromatic heterocycles. The van der Waals surface area contributed by atoms with Gasteiger partial charge in [-0.05, 0) is 47.7 Å². The zero-order valence-corrected chi connectivity index (χ0v) is 12.5. The lowest BCUT2D eigenvalue weighted by Crippen LogP contribution is -2.28. The summed E-state index contributed by atoms with van der Waals surface area (Å²) in [5, 5.41) is 0. The molecule has 0 spiro atoms. The van der Waals surface area contributed by atoms with Gasteiger partial charge >= 0.3 is 0 Å². The second kappa shape index (κ2) is 6.87. The minimum atomic E-state index is -1.22. The topological polar surface area (TPSA) is 38.7 Å². The first-order chi connectivity index (χ1) is 7.73. The van der Waals surface area contributed by atoms with Gasteiger partial charge in [0, 0.05) is 6.04 Å². The van der Waals surface area contributed by atoms with Crippen LogP contribution in [0.15, 0.2) is 28.9 Å². The van der Waals surface area contributed by atoms with Crippen LogP contribution in [0.5, 0.6) is 0 Å². The third kappa shape index (κ3) is 5.41. The molecule has 0 aromatic carbocycles. The highest BCUT2D eigenvalue weighted by atomic mass is 32.2. The van der Waals surface area contributed by atoms with Crippen LogP contribution in [-0.2, 0) is 11.4 Å². The Morgan fingerprint density at radius 3 is 2.24 bits per heavy atom. The molecule has 0 amide bonds. The van der Waals surface area contributed by atoms with E-state index in [9.17, 15) is 4.55 Å². The fourth-order valence-electron chi connectivity index (χ4n) is 1.16. The van der Waals surface area contributed by atoms with Gasteiger partial charge in [-0.2, -0.15) is 0 Å². The number of hydrogen-bond donors (Lipinski definition) is 0. The lowest BCUT2D eigenvalue weighted by atomic mass is 10.3. The maximum atomic E-state index is 11.8. The predicted octanol–water partition coefficient (Wildman–Crippen LogP) is 3.28. The Balaban J connectivity index is 4.84. The third-order valence-electron chi connectivity index (χ3n) is 2.15. The molecule has 0 N–H and O–H groups in total. The normalized spacial score (nSPS) is 15.4. The van der Waals surface area contributed by atoms with Crippen molar-refractivity contribution >= 4 is 17.6 Å². The SMILES string of the molecule is C=CN(C(=C\C)/C=N/[S+]([O-])C(C)(C)C)C(C)C. The quantitative estimate of drug-likeness (QED) is 0.559. The number of nitrogens with zero attached hydrogens (tertiary/aromatic N) is 2. The summed E-state index contributed by atoms with van der Waals surface area (Å²) in [5.41, 5.74) is 0.910. The molecule has 0 fully saturated rings. The van der Waals surface area contributed by atoms with Gasteiger partial charge in [0.05, 0.1) is 5.70 Å². The fraction of sp³-hybridized carbons (Fsp3) is 0.615. The van der Waals surface area contributed by atoms with Crippen molar-refractivity contribution in [3.8, 4) is 0 Å². The highest BCUT2D eigenvalue weighted by molar-refractivity contribution is 7.91. The molecule has 0 aliphatic heterocycles. The van der Waals surface area contributed by atoms with Crippen molar-refractivity contribution in [3.63, 3.8) is 0 Å². The lowest BCUT2D eigenvalue weighted by Gasteiger charge is -2.25. The van der Waals surface area contributed by atoms with Crippen molar-refractivity contribution in [2.75, 3.05) is 0 Å². The molecule has 0 aliphatic carbocycles. The highest BCUT2D eigenvalue weighted by Crippen LogP contribution is 2.17. The smallest absolute Gasteiger partial charge is 0.144 e. The van der Waals surface area contributed by atoms with E-state index in [0.29, 0.717) is 6.04 Å². The number of allylic oxidation sites excluding steroid dienone is 2. The van der Waals surface area contributed by atoms with Crippen molar-refractivity contribution in [2.45, 2.75) is 52.3 Å². The molecule has 98 valence electrons. The van der Waals surface area contributed by atoms with Crippen LogP contribution in [0.2, 0.25) is 0 Å². The van der Waals surface area contributed by atoms with E-state index in [1.807, 2.05) is 38.7 Å². The first-order valence-electron chi connectivity index (χ1n) is 5.77. The second-order valence-electron chi connectivity index (χ2n) is 4.99. The van der Waals surface area contributed by atoms with Gasteiger partial charge in [-0.15, -0.1) is 0 Å². The van der Waals surface area contributed by atoms with Crippen molar-refractivity contribution in [1.82, 2.24) is 4.90 Å². The van der Waals surface area contributed by atoms with Gasteiger partial charge < -0.3 is 9.45 Å². The monoisotopic (exact) mass is 256 g/mol. The van der Waals surface area contributed by atoms with Gasteiger partial charge in [0.2, 0.25) is 0 Å². The Kier molecular flexibility index (Phi) is 6.57. The van der Waals surface area contributed by atoms with Crippen molar-refractivity contribution in [1.29, 1.82) is 0 Å². The fourth-order valence-corrected chi connectivity index (χ4v) is 1.68. The minimum absolute atomic E-state index is 0.299. The van der Waals surface area contributed by atoms with Crippen LogP contribution < -0.4 is 0 Å². The summed E-state index contributed by atoms with van der Waals surface area (Å²) in [7, 11) is 0. The van der Waals surface area contributed by atoms with Crippen molar-refractivity contribution in [3.05, 3.63) is 24.6 Å². The third-order valence-corrected chi connectivity index (χ3v) is 3.50. The number of rotatable bonds is 5. The summed E-state index contributed by atoms with van der Waals surface area (Å²) in [6.07, 6.45) is 5.35. The summed E-state index contributed by atoms with van der Waals surface area (Å²) in [5.74, 6) is 0. The van der Waals surface area contributed by atoms with Gasteiger partial charge in [-0.3, -0.25) is 0 Å². The van der Waals surface area contributed by atoms with Crippen molar-refractivity contribution in [2.24, 2.45) is 4.40 Å². The van der Waals surface area contributed by atoms with Gasteiger partial charge in [0.15, 0.2) is 0 Å². The van der Waals surface area contributed by atoms with E-state index in [4.69, 9.17) is 0 Å². The van der Waals surface area contributed by atoms with Crippen LogP contribution in [0.3, 0.4) is 0 Å². The maximum absolute atomic E-state index is 11.8. The van der Waals surface area contributed by atoms with Crippen LogP contribution in [0.25, 0.3) is 0 Å². The minimum Gasteiger partial charge on any atom is -0.591 e. The first kappa shape index (κ1) is 16.3. The standard InChI is InChI=1S/C13H24N2OS/c1-8-12(15(9-2)11(3)4)10-14-17(16)13(5,6)7/h8-11H,2H2,1,3-7H3/b12-8-,14-10+. The lowest BCUT2D eigenvalue weighted by molar-refractivity contribution is 0.403. The molecule has 0 saturated carbocycles. The summed E-state index contributed by atoms with van der Waals surface area (Å²) >= 11 is -1.22. The van der Waals surface area contributed by atoms with Crippen LogP contribution in [0, 0.1) is 0 Å². The summed E-state index contributed by atoms with van der Waals surface area (Å²) < 4.78 is 15.6. The Labute approximate surface area is 109 Å². The van der Waals surface area contributed by atoms with E-state index >= 15 is 0 Å². The van der Waals surface area contributed by atoms with E-state index in [1.54, 1.807) is 12.4 Å². The Bertz CT molecular complexity index is 303. The summed E-state index contributed by atoms with van der Waals surface area (Å²) in [4.78, 5) is 1.99. The Morgan fingerprint density at radius 1 is 1.41 bits per heavy atom. The maximum Gasteiger partial charge on any atom is 0.144 e. The van der Waals surface area contributed by atoms with E-state index in [2.05, 4.69) is 24.8 Å². The molecule has 0 aliphatic rings. The first-order valence-corrected chi connectivity index (χ1v) is 6.88. The Hall–Kier alpha value is -0.740. The van der Waals surface area contributed by atoms with Gasteiger partial charge in [-0.1, -0.05) is 17.1 Å².